The van der Waals surface area contributed by atoms with E-state index in [1.54, 1.807) is 29.0 Å². The van der Waals surface area contributed by atoms with Crippen molar-refractivity contribution in [2.45, 2.75) is 77.1 Å². The molecular weight excluding hydrogens is 697 g/mol. The van der Waals surface area contributed by atoms with Gasteiger partial charge in [0.25, 0.3) is 10.1 Å². The molecule has 3 atom stereocenters. The normalized spacial score (nSPS) is 16.9. The van der Waals surface area contributed by atoms with Crippen LogP contribution < -0.4 is 10.6 Å². The number of amides is 3. The molecule has 1 aromatic heterocycles. The van der Waals surface area contributed by atoms with E-state index in [1.807, 2.05) is 58.9 Å². The molecule has 3 N–H and O–H groups in total. The summed E-state index contributed by atoms with van der Waals surface area (Å²) < 4.78 is 40.4. The van der Waals surface area contributed by atoms with Crippen molar-refractivity contribution in [1.29, 1.82) is 0 Å². The molecule has 3 amide bonds. The number of rotatable bonds is 17. The molecule has 1 aliphatic heterocycles. The first-order valence-corrected chi connectivity index (χ1v) is 19.1. The number of ether oxygens (including phenoxy) is 2. The van der Waals surface area contributed by atoms with Gasteiger partial charge in [-0.05, 0) is 48.9 Å². The number of aromatic nitrogens is 1. The number of β-amino-alcohol motifs (C(OH)–C–C–N with tert-alkyl or cyclic N) is 1. The van der Waals surface area contributed by atoms with Gasteiger partial charge in [-0.25, -0.2) is 4.98 Å². The van der Waals surface area contributed by atoms with Crippen molar-refractivity contribution in [2.24, 2.45) is 5.41 Å². The van der Waals surface area contributed by atoms with Crippen molar-refractivity contribution in [3.63, 3.8) is 0 Å². The van der Waals surface area contributed by atoms with Gasteiger partial charge in [-0.3, -0.25) is 18.6 Å². The molecule has 13 nitrogen and oxygen atoms in total. The third-order valence-corrected chi connectivity index (χ3v) is 10.6. The minimum Gasteiger partial charge on any atom is -0.391 e. The Morgan fingerprint density at radius 2 is 1.69 bits per heavy atom. The number of aliphatic hydroxyl groups is 1. The number of hydrogen-bond donors (Lipinski definition) is 3. The molecular formula is C36H48N4O9S2. The fourth-order valence-corrected chi connectivity index (χ4v) is 7.19. The molecule has 0 radical (unpaired) electrons. The zero-order valence-corrected chi connectivity index (χ0v) is 31.3. The Labute approximate surface area is 303 Å². The van der Waals surface area contributed by atoms with Crippen LogP contribution >= 0.6 is 11.3 Å². The number of nitrogens with one attached hydrogen (secondary N) is 2. The molecule has 0 aliphatic carbocycles. The highest BCUT2D eigenvalue weighted by atomic mass is 32.2. The van der Waals surface area contributed by atoms with Gasteiger partial charge in [-0.2, -0.15) is 8.42 Å². The Balaban J connectivity index is 1.19. The van der Waals surface area contributed by atoms with Crippen LogP contribution in [0.1, 0.15) is 50.4 Å². The minimum atomic E-state index is -3.86. The zero-order valence-electron chi connectivity index (χ0n) is 29.7. The number of carbonyl (C=O) groups excluding carboxylic acids is 3. The number of likely N-dealkylation sites (tertiary alicyclic amines) is 1. The van der Waals surface area contributed by atoms with Crippen LogP contribution in [0.2, 0.25) is 0 Å². The minimum absolute atomic E-state index is 0.0261. The molecule has 2 aromatic carbocycles. The fraction of sp³-hybridized carbons (Fsp3) is 0.500. The van der Waals surface area contributed by atoms with Crippen LogP contribution in [0.4, 0.5) is 0 Å². The summed E-state index contributed by atoms with van der Waals surface area (Å²) in [6.45, 7) is 9.54. The van der Waals surface area contributed by atoms with Gasteiger partial charge in [0.2, 0.25) is 17.7 Å². The van der Waals surface area contributed by atoms with Gasteiger partial charge in [0, 0.05) is 32.7 Å². The van der Waals surface area contributed by atoms with Crippen LogP contribution in [0.3, 0.4) is 0 Å². The smallest absolute Gasteiger partial charge is 0.297 e. The summed E-state index contributed by atoms with van der Waals surface area (Å²) >= 11 is 1.57. The van der Waals surface area contributed by atoms with Gasteiger partial charge >= 0.3 is 0 Å². The van der Waals surface area contributed by atoms with Crippen LogP contribution in [-0.4, -0.2) is 98.9 Å². The third-order valence-electron chi connectivity index (χ3n) is 8.30. The predicted molar refractivity (Wildman–Crippen MR) is 192 cm³/mol. The van der Waals surface area contributed by atoms with Gasteiger partial charge in [0.15, 0.2) is 0 Å². The average molecular weight is 745 g/mol. The number of benzene rings is 2. The second kappa shape index (κ2) is 18.2. The van der Waals surface area contributed by atoms with E-state index in [2.05, 4.69) is 15.6 Å². The van der Waals surface area contributed by atoms with E-state index in [-0.39, 0.29) is 63.3 Å². The second-order valence-corrected chi connectivity index (χ2v) is 16.0. The zero-order chi connectivity index (χ0) is 37.2. The van der Waals surface area contributed by atoms with Gasteiger partial charge in [0.05, 0.1) is 40.3 Å². The molecule has 2 heterocycles. The first-order chi connectivity index (χ1) is 24.2. The van der Waals surface area contributed by atoms with Crippen LogP contribution in [0.5, 0.6) is 0 Å². The van der Waals surface area contributed by atoms with Crippen molar-refractivity contribution in [1.82, 2.24) is 20.5 Å². The topological polar surface area (TPSA) is 173 Å². The average Bonchev–Trinajstić information content (AvgIpc) is 3.70. The van der Waals surface area contributed by atoms with Crippen molar-refractivity contribution in [2.75, 3.05) is 39.6 Å². The summed E-state index contributed by atoms with van der Waals surface area (Å²) in [6, 6.07) is 12.3. The van der Waals surface area contributed by atoms with E-state index in [9.17, 15) is 27.9 Å². The molecule has 3 aromatic rings. The maximum atomic E-state index is 13.8. The molecule has 0 bridgehead atoms. The lowest BCUT2D eigenvalue weighted by atomic mass is 9.85. The van der Waals surface area contributed by atoms with Crippen molar-refractivity contribution in [3.8, 4) is 10.4 Å². The van der Waals surface area contributed by atoms with Crippen molar-refractivity contribution < 1.29 is 41.6 Å². The SMILES string of the molecule is Cc1ccc(S(=O)(=O)OCCOCCCOCC(=O)N[C@H](C(=O)N2C[C@H](O)C[C@H]2C(=O)NCc2ccc(-c3scnc3C)cc2)C(C)(C)C)cc1. The van der Waals surface area contributed by atoms with E-state index in [4.69, 9.17) is 13.7 Å². The maximum absolute atomic E-state index is 13.8. The highest BCUT2D eigenvalue weighted by Gasteiger charge is 2.44. The fourth-order valence-electron chi connectivity index (χ4n) is 5.49. The number of hydrogen-bond acceptors (Lipinski definition) is 11. The van der Waals surface area contributed by atoms with E-state index >= 15 is 0 Å². The molecule has 51 heavy (non-hydrogen) atoms. The van der Waals surface area contributed by atoms with Gasteiger partial charge in [-0.15, -0.1) is 11.3 Å². The highest BCUT2D eigenvalue weighted by Crippen LogP contribution is 2.28. The van der Waals surface area contributed by atoms with E-state index in [0.717, 1.165) is 27.3 Å². The van der Waals surface area contributed by atoms with Crippen molar-refractivity contribution in [3.05, 3.63) is 70.9 Å². The lowest BCUT2D eigenvalue weighted by Crippen LogP contribution is -2.58. The van der Waals surface area contributed by atoms with Crippen molar-refractivity contribution >= 4 is 39.2 Å². The molecule has 4 rings (SSSR count). The quantitative estimate of drug-likeness (QED) is 0.137. The molecule has 1 saturated heterocycles. The Morgan fingerprint density at radius 1 is 1.00 bits per heavy atom. The molecule has 0 unspecified atom stereocenters. The molecule has 0 saturated carbocycles. The van der Waals surface area contributed by atoms with E-state index in [0.29, 0.717) is 6.42 Å². The summed E-state index contributed by atoms with van der Waals surface area (Å²) in [4.78, 5) is 46.7. The molecule has 1 fully saturated rings. The maximum Gasteiger partial charge on any atom is 0.297 e. The number of thiazole rings is 1. The number of aryl methyl sites for hydroxylation is 2. The Morgan fingerprint density at radius 3 is 2.33 bits per heavy atom. The predicted octanol–water partition coefficient (Wildman–Crippen LogP) is 3.36. The van der Waals surface area contributed by atoms with Crippen LogP contribution in [0.25, 0.3) is 10.4 Å². The number of aliphatic hydroxyl groups excluding tert-OH is 1. The third kappa shape index (κ3) is 11.6. The lowest BCUT2D eigenvalue weighted by molar-refractivity contribution is -0.144. The summed E-state index contributed by atoms with van der Waals surface area (Å²) in [5, 5.41) is 16.1. The summed E-state index contributed by atoms with van der Waals surface area (Å²) in [7, 11) is -3.86. The van der Waals surface area contributed by atoms with Gasteiger partial charge in [0.1, 0.15) is 18.7 Å². The Hall–Kier alpha value is -3.73. The largest absolute Gasteiger partial charge is 0.391 e. The summed E-state index contributed by atoms with van der Waals surface area (Å²) in [5.74, 6) is -1.35. The van der Waals surface area contributed by atoms with Gasteiger partial charge < -0.3 is 30.1 Å². The van der Waals surface area contributed by atoms with Crippen LogP contribution in [0.15, 0.2) is 58.9 Å². The second-order valence-electron chi connectivity index (χ2n) is 13.6. The van der Waals surface area contributed by atoms with Crippen LogP contribution in [-0.2, 0) is 44.7 Å². The first-order valence-electron chi connectivity index (χ1n) is 16.8. The van der Waals surface area contributed by atoms with Gasteiger partial charge in [-0.1, -0.05) is 62.7 Å². The number of nitrogens with zero attached hydrogens (tertiary/aromatic N) is 2. The van der Waals surface area contributed by atoms with E-state index < -0.39 is 45.5 Å². The van der Waals surface area contributed by atoms with E-state index in [1.165, 1.54) is 17.0 Å². The highest BCUT2D eigenvalue weighted by molar-refractivity contribution is 7.86. The standard InChI is InChI=1S/C36H48N4O9S2/c1-24-7-13-29(14-8-24)51(45,46)49-18-17-47-15-6-16-48-22-31(42)39-33(36(3,4)5)35(44)40-21-28(41)19-30(40)34(43)37-20-26-9-11-27(12-10-26)32-25(2)38-23-50-32/h7-14,23,28,30,33,41H,6,15-22H2,1-5H3,(H,37,43)(H,39,42)/t28-,30+,33-/m1/s1. The van der Waals surface area contributed by atoms with Crippen LogP contribution in [0, 0.1) is 19.3 Å². The Kier molecular flexibility index (Phi) is 14.3. The molecule has 278 valence electrons. The summed E-state index contributed by atoms with van der Waals surface area (Å²) in [5.41, 5.74) is 4.92. The number of carbonyl (C=O) groups is 3. The Bertz CT molecular complexity index is 1720. The molecule has 15 heteroatoms. The molecule has 1 aliphatic rings. The lowest BCUT2D eigenvalue weighted by Gasteiger charge is -2.35. The summed E-state index contributed by atoms with van der Waals surface area (Å²) in [6.07, 6.45) is -0.346. The monoisotopic (exact) mass is 744 g/mol. The molecule has 0 spiro atoms. The first kappa shape index (κ1) is 40.0.